The Morgan fingerprint density at radius 1 is 1.12 bits per heavy atom. The lowest BCUT2D eigenvalue weighted by Gasteiger charge is -2.08. The fourth-order valence-electron chi connectivity index (χ4n) is 2.13. The van der Waals surface area contributed by atoms with Crippen LogP contribution in [0.4, 0.5) is 4.79 Å². The molecule has 2 rings (SSSR count). The first-order chi connectivity index (χ1) is 11.7. The molecule has 24 heavy (non-hydrogen) atoms. The number of rotatable bonds is 7. The Hall–Kier alpha value is -2.89. The summed E-state index contributed by atoms with van der Waals surface area (Å²) in [6.07, 6.45) is 1.82. The van der Waals surface area contributed by atoms with E-state index in [0.29, 0.717) is 24.4 Å². The lowest BCUT2D eigenvalue weighted by Crippen LogP contribution is -2.27. The zero-order chi connectivity index (χ0) is 17.2. The molecule has 0 saturated carbocycles. The van der Waals surface area contributed by atoms with Gasteiger partial charge in [0.05, 0.1) is 18.8 Å². The van der Waals surface area contributed by atoms with Crippen molar-refractivity contribution in [3.05, 3.63) is 65.5 Å². The van der Waals surface area contributed by atoms with E-state index in [9.17, 15) is 9.59 Å². The minimum absolute atomic E-state index is 0.161. The van der Waals surface area contributed by atoms with Gasteiger partial charge in [-0.3, -0.25) is 9.78 Å². The molecule has 1 aromatic carbocycles. The second kappa shape index (κ2) is 9.29. The van der Waals surface area contributed by atoms with Crippen molar-refractivity contribution in [2.75, 3.05) is 13.2 Å². The highest BCUT2D eigenvalue weighted by Gasteiger charge is 2.08. The Morgan fingerprint density at radius 3 is 2.67 bits per heavy atom. The minimum atomic E-state index is -0.503. The van der Waals surface area contributed by atoms with Gasteiger partial charge >= 0.3 is 6.09 Å². The van der Waals surface area contributed by atoms with E-state index in [0.717, 1.165) is 6.42 Å². The van der Waals surface area contributed by atoms with Crippen molar-refractivity contribution in [2.45, 2.75) is 19.9 Å². The van der Waals surface area contributed by atoms with Crippen LogP contribution in [0.2, 0.25) is 0 Å². The minimum Gasteiger partial charge on any atom is -0.450 e. The Balaban J connectivity index is 1.83. The Labute approximate surface area is 141 Å². The van der Waals surface area contributed by atoms with Gasteiger partial charge in [-0.25, -0.2) is 4.79 Å². The summed E-state index contributed by atoms with van der Waals surface area (Å²) in [7, 11) is 0. The standard InChI is InChI=1S/C18H21N3O3/c1-2-24-18(23)21-13-16-12-15(9-11-19-16)17(22)20-10-8-14-6-4-3-5-7-14/h3-7,9,11-12H,2,8,10,13H2,1H3,(H,20,22)(H,21,23). The van der Waals surface area contributed by atoms with E-state index in [1.165, 1.54) is 5.56 Å². The summed E-state index contributed by atoms with van der Waals surface area (Å²) in [6.45, 7) is 2.81. The number of benzene rings is 1. The van der Waals surface area contributed by atoms with Crippen LogP contribution in [0.3, 0.4) is 0 Å². The molecular formula is C18H21N3O3. The molecule has 2 aromatic rings. The van der Waals surface area contributed by atoms with E-state index in [4.69, 9.17) is 4.74 Å². The van der Waals surface area contributed by atoms with Gasteiger partial charge in [0.1, 0.15) is 0 Å². The van der Waals surface area contributed by atoms with E-state index in [1.54, 1.807) is 25.3 Å². The molecule has 0 atom stereocenters. The summed E-state index contributed by atoms with van der Waals surface area (Å²) >= 11 is 0. The van der Waals surface area contributed by atoms with Crippen LogP contribution in [-0.2, 0) is 17.7 Å². The molecule has 126 valence electrons. The van der Waals surface area contributed by atoms with Crippen molar-refractivity contribution in [3.63, 3.8) is 0 Å². The number of nitrogens with zero attached hydrogens (tertiary/aromatic N) is 1. The van der Waals surface area contributed by atoms with Crippen LogP contribution >= 0.6 is 0 Å². The largest absolute Gasteiger partial charge is 0.450 e. The first-order valence-corrected chi connectivity index (χ1v) is 7.86. The van der Waals surface area contributed by atoms with Crippen molar-refractivity contribution in [1.82, 2.24) is 15.6 Å². The third-order valence-electron chi connectivity index (χ3n) is 3.31. The Kier molecular flexibility index (Phi) is 6.76. The molecule has 0 saturated heterocycles. The maximum absolute atomic E-state index is 12.2. The topological polar surface area (TPSA) is 80.3 Å². The number of ether oxygens (including phenoxy) is 1. The van der Waals surface area contributed by atoms with E-state index in [-0.39, 0.29) is 12.5 Å². The third kappa shape index (κ3) is 5.72. The number of carbonyl (C=O) groups excluding carboxylic acids is 2. The van der Waals surface area contributed by atoms with Gasteiger partial charge in [-0.2, -0.15) is 0 Å². The molecule has 0 aliphatic rings. The molecule has 0 spiro atoms. The lowest BCUT2D eigenvalue weighted by molar-refractivity contribution is 0.0954. The van der Waals surface area contributed by atoms with Crippen molar-refractivity contribution in [3.8, 4) is 0 Å². The monoisotopic (exact) mass is 327 g/mol. The number of hydrogen-bond acceptors (Lipinski definition) is 4. The van der Waals surface area contributed by atoms with Crippen LogP contribution in [0, 0.1) is 0 Å². The molecule has 6 nitrogen and oxygen atoms in total. The highest BCUT2D eigenvalue weighted by atomic mass is 16.5. The molecule has 0 unspecified atom stereocenters. The maximum atomic E-state index is 12.2. The average molecular weight is 327 g/mol. The predicted molar refractivity (Wildman–Crippen MR) is 90.6 cm³/mol. The number of aromatic nitrogens is 1. The zero-order valence-corrected chi connectivity index (χ0v) is 13.6. The summed E-state index contributed by atoms with van der Waals surface area (Å²) in [5.74, 6) is -0.161. The van der Waals surface area contributed by atoms with Gasteiger partial charge in [0.25, 0.3) is 5.91 Å². The van der Waals surface area contributed by atoms with Gasteiger partial charge in [0, 0.05) is 18.3 Å². The summed E-state index contributed by atoms with van der Waals surface area (Å²) in [6, 6.07) is 13.3. The number of hydrogen-bond donors (Lipinski definition) is 2. The average Bonchev–Trinajstić information content (AvgIpc) is 2.61. The molecule has 6 heteroatoms. The predicted octanol–water partition coefficient (Wildman–Crippen LogP) is 2.30. The number of nitrogens with one attached hydrogen (secondary N) is 2. The zero-order valence-electron chi connectivity index (χ0n) is 13.6. The van der Waals surface area contributed by atoms with Gasteiger partial charge in [0.15, 0.2) is 0 Å². The van der Waals surface area contributed by atoms with Crippen molar-refractivity contribution < 1.29 is 14.3 Å². The number of amides is 2. The highest BCUT2D eigenvalue weighted by Crippen LogP contribution is 2.03. The second-order valence-corrected chi connectivity index (χ2v) is 5.10. The Bertz CT molecular complexity index is 674. The highest BCUT2D eigenvalue weighted by molar-refractivity contribution is 5.94. The summed E-state index contributed by atoms with van der Waals surface area (Å²) in [5.41, 5.74) is 2.28. The smallest absolute Gasteiger partial charge is 0.407 e. The maximum Gasteiger partial charge on any atom is 0.407 e. The molecule has 0 aliphatic carbocycles. The summed E-state index contributed by atoms with van der Waals surface area (Å²) in [4.78, 5) is 27.6. The van der Waals surface area contributed by atoms with E-state index >= 15 is 0 Å². The number of alkyl carbamates (subject to hydrolysis) is 1. The van der Waals surface area contributed by atoms with Crippen molar-refractivity contribution >= 4 is 12.0 Å². The van der Waals surface area contributed by atoms with Crippen LogP contribution in [-0.4, -0.2) is 30.1 Å². The first kappa shape index (κ1) is 17.5. The summed E-state index contributed by atoms with van der Waals surface area (Å²) < 4.78 is 4.78. The molecule has 0 fully saturated rings. The molecule has 1 aromatic heterocycles. The SMILES string of the molecule is CCOC(=O)NCc1cc(C(=O)NCCc2ccccc2)ccn1. The summed E-state index contributed by atoms with van der Waals surface area (Å²) in [5, 5.41) is 5.46. The molecule has 0 radical (unpaired) electrons. The normalized spacial score (nSPS) is 10.0. The molecular weight excluding hydrogens is 306 g/mol. The third-order valence-corrected chi connectivity index (χ3v) is 3.31. The quantitative estimate of drug-likeness (QED) is 0.818. The molecule has 0 aliphatic heterocycles. The molecule has 2 N–H and O–H groups in total. The number of carbonyl (C=O) groups is 2. The first-order valence-electron chi connectivity index (χ1n) is 7.86. The second-order valence-electron chi connectivity index (χ2n) is 5.10. The fraction of sp³-hybridized carbons (Fsp3) is 0.278. The van der Waals surface area contributed by atoms with Crippen LogP contribution in [0.15, 0.2) is 48.7 Å². The van der Waals surface area contributed by atoms with Gasteiger partial charge in [-0.1, -0.05) is 30.3 Å². The molecule has 0 bridgehead atoms. The lowest BCUT2D eigenvalue weighted by atomic mass is 10.1. The van der Waals surface area contributed by atoms with Gasteiger partial charge in [-0.15, -0.1) is 0 Å². The van der Waals surface area contributed by atoms with E-state index < -0.39 is 6.09 Å². The molecule has 1 heterocycles. The van der Waals surface area contributed by atoms with Crippen LogP contribution in [0.1, 0.15) is 28.5 Å². The van der Waals surface area contributed by atoms with Crippen molar-refractivity contribution in [1.29, 1.82) is 0 Å². The Morgan fingerprint density at radius 2 is 1.92 bits per heavy atom. The number of pyridine rings is 1. The van der Waals surface area contributed by atoms with Crippen LogP contribution in [0.5, 0.6) is 0 Å². The fourth-order valence-corrected chi connectivity index (χ4v) is 2.13. The van der Waals surface area contributed by atoms with Crippen LogP contribution in [0.25, 0.3) is 0 Å². The van der Waals surface area contributed by atoms with E-state index in [1.807, 2.05) is 30.3 Å². The van der Waals surface area contributed by atoms with Gasteiger partial charge in [-0.05, 0) is 31.0 Å². The van der Waals surface area contributed by atoms with Crippen molar-refractivity contribution in [2.24, 2.45) is 0 Å². The molecule has 2 amide bonds. The van der Waals surface area contributed by atoms with Gasteiger partial charge < -0.3 is 15.4 Å². The van der Waals surface area contributed by atoms with Gasteiger partial charge in [0.2, 0.25) is 0 Å². The van der Waals surface area contributed by atoms with Crippen LogP contribution < -0.4 is 10.6 Å². The van der Waals surface area contributed by atoms with E-state index in [2.05, 4.69) is 15.6 Å².